The second kappa shape index (κ2) is 7.32. The number of aryl methyl sites for hydroxylation is 1. The third kappa shape index (κ3) is 3.32. The monoisotopic (exact) mass is 445 g/mol. The molecule has 0 saturated carbocycles. The number of thioether (sulfide) groups is 1. The SMILES string of the molecule is COc1ccc(Br)cc1[C@H]1SCC(=O)Nc2c1c(C)nn2-c1ncccn1. The lowest BCUT2D eigenvalue weighted by Crippen LogP contribution is -2.16. The summed E-state index contributed by atoms with van der Waals surface area (Å²) in [5.41, 5.74) is 2.71. The Kier molecular flexibility index (Phi) is 4.88. The van der Waals surface area contributed by atoms with E-state index in [1.807, 2.05) is 25.1 Å². The van der Waals surface area contributed by atoms with Gasteiger partial charge in [-0.1, -0.05) is 15.9 Å². The van der Waals surface area contributed by atoms with Crippen LogP contribution in [0.2, 0.25) is 0 Å². The van der Waals surface area contributed by atoms with E-state index in [1.54, 1.807) is 42.0 Å². The van der Waals surface area contributed by atoms with E-state index in [4.69, 9.17) is 4.74 Å². The number of nitrogens with zero attached hydrogens (tertiary/aromatic N) is 4. The van der Waals surface area contributed by atoms with Crippen LogP contribution in [0.25, 0.3) is 5.95 Å². The predicted octanol–water partition coefficient (Wildman–Crippen LogP) is 3.52. The Bertz CT molecular complexity index is 1010. The van der Waals surface area contributed by atoms with E-state index < -0.39 is 0 Å². The van der Waals surface area contributed by atoms with Crippen molar-refractivity contribution in [3.63, 3.8) is 0 Å². The van der Waals surface area contributed by atoms with Crippen molar-refractivity contribution in [2.24, 2.45) is 0 Å². The largest absolute Gasteiger partial charge is 0.496 e. The molecule has 0 unspecified atom stereocenters. The fourth-order valence-electron chi connectivity index (χ4n) is 3.08. The number of carbonyl (C=O) groups is 1. The third-order valence-corrected chi connectivity index (χ3v) is 5.97. The van der Waals surface area contributed by atoms with E-state index in [1.165, 1.54) is 0 Å². The Hall–Kier alpha value is -2.39. The van der Waals surface area contributed by atoms with E-state index in [9.17, 15) is 4.79 Å². The van der Waals surface area contributed by atoms with Gasteiger partial charge in [-0.25, -0.2) is 9.97 Å². The van der Waals surface area contributed by atoms with Gasteiger partial charge >= 0.3 is 0 Å². The van der Waals surface area contributed by atoms with Crippen LogP contribution in [0.15, 0.2) is 41.1 Å². The van der Waals surface area contributed by atoms with Gasteiger partial charge in [0.15, 0.2) is 0 Å². The van der Waals surface area contributed by atoms with Gasteiger partial charge in [0.2, 0.25) is 5.91 Å². The minimum atomic E-state index is -0.121. The molecule has 1 N–H and O–H groups in total. The molecule has 2 aromatic heterocycles. The summed E-state index contributed by atoms with van der Waals surface area (Å²) in [6.45, 7) is 1.92. The smallest absolute Gasteiger partial charge is 0.252 e. The average molecular weight is 446 g/mol. The highest BCUT2D eigenvalue weighted by Gasteiger charge is 2.32. The fraction of sp³-hybridized carbons (Fsp3) is 0.222. The molecule has 1 aromatic carbocycles. The first-order chi connectivity index (χ1) is 13.1. The topological polar surface area (TPSA) is 81.9 Å². The van der Waals surface area contributed by atoms with Crippen LogP contribution in [0, 0.1) is 6.92 Å². The number of ether oxygens (including phenoxy) is 1. The van der Waals surface area contributed by atoms with Gasteiger partial charge in [0.25, 0.3) is 5.95 Å². The fourth-order valence-corrected chi connectivity index (χ4v) is 4.67. The Balaban J connectivity index is 1.93. The Morgan fingerprint density at radius 1 is 1.33 bits per heavy atom. The van der Waals surface area contributed by atoms with Gasteiger partial charge in [-0.05, 0) is 31.2 Å². The van der Waals surface area contributed by atoms with E-state index in [0.717, 1.165) is 27.0 Å². The molecule has 1 amide bonds. The molecular weight excluding hydrogens is 430 g/mol. The third-order valence-electron chi connectivity index (χ3n) is 4.22. The van der Waals surface area contributed by atoms with Gasteiger partial charge in [-0.3, -0.25) is 4.79 Å². The number of hydrogen-bond acceptors (Lipinski definition) is 6. The van der Waals surface area contributed by atoms with Crippen LogP contribution in [0.5, 0.6) is 5.75 Å². The van der Waals surface area contributed by atoms with E-state index in [2.05, 4.69) is 36.3 Å². The molecular formula is C18H16BrN5O2S. The van der Waals surface area contributed by atoms with Crippen molar-refractivity contribution < 1.29 is 9.53 Å². The zero-order valence-corrected chi connectivity index (χ0v) is 17.0. The van der Waals surface area contributed by atoms with Crippen LogP contribution >= 0.6 is 27.7 Å². The van der Waals surface area contributed by atoms with Crippen molar-refractivity contribution in [2.75, 3.05) is 18.2 Å². The first-order valence-corrected chi connectivity index (χ1v) is 10.0. The molecule has 7 nitrogen and oxygen atoms in total. The number of halogens is 1. The maximum absolute atomic E-state index is 12.4. The number of anilines is 1. The summed E-state index contributed by atoms with van der Waals surface area (Å²) < 4.78 is 8.11. The first-order valence-electron chi connectivity index (χ1n) is 8.20. The highest BCUT2D eigenvalue weighted by Crippen LogP contribution is 2.46. The summed E-state index contributed by atoms with van der Waals surface area (Å²) in [6, 6.07) is 7.61. The molecule has 0 spiro atoms. The summed E-state index contributed by atoms with van der Waals surface area (Å²) in [6.07, 6.45) is 3.29. The molecule has 0 saturated heterocycles. The number of nitrogens with one attached hydrogen (secondary N) is 1. The number of methoxy groups -OCH3 is 1. The van der Waals surface area contributed by atoms with Crippen molar-refractivity contribution in [1.82, 2.24) is 19.7 Å². The molecule has 27 heavy (non-hydrogen) atoms. The number of fused-ring (bicyclic) bond motifs is 1. The van der Waals surface area contributed by atoms with E-state index >= 15 is 0 Å². The summed E-state index contributed by atoms with van der Waals surface area (Å²) in [4.78, 5) is 20.9. The van der Waals surface area contributed by atoms with Crippen LogP contribution < -0.4 is 10.1 Å². The Morgan fingerprint density at radius 2 is 2.11 bits per heavy atom. The second-order valence-corrected chi connectivity index (χ2v) is 7.94. The number of aromatic nitrogens is 4. The molecule has 0 radical (unpaired) electrons. The molecule has 9 heteroatoms. The molecule has 0 aliphatic carbocycles. The summed E-state index contributed by atoms with van der Waals surface area (Å²) >= 11 is 5.08. The standard InChI is InChI=1S/C18H16BrN5O2S/c1-10-15-16(12-8-11(19)4-5-13(12)26-2)27-9-14(25)22-17(15)24(23-10)18-20-6-3-7-21-18/h3-8,16H,9H2,1-2H3,(H,22,25)/t16-/m1/s1. The molecule has 3 heterocycles. The van der Waals surface area contributed by atoms with Crippen molar-refractivity contribution >= 4 is 39.4 Å². The van der Waals surface area contributed by atoms with Crippen molar-refractivity contribution in [3.05, 3.63) is 58.0 Å². The minimum absolute atomic E-state index is 0.0882. The normalized spacial score (nSPS) is 16.4. The molecule has 138 valence electrons. The average Bonchev–Trinajstić information content (AvgIpc) is 2.88. The predicted molar refractivity (Wildman–Crippen MR) is 108 cm³/mol. The highest BCUT2D eigenvalue weighted by molar-refractivity contribution is 9.10. The Labute approximate surface area is 168 Å². The van der Waals surface area contributed by atoms with E-state index in [-0.39, 0.29) is 11.2 Å². The van der Waals surface area contributed by atoms with Gasteiger partial charge in [0, 0.05) is 28.0 Å². The maximum atomic E-state index is 12.4. The maximum Gasteiger partial charge on any atom is 0.252 e. The van der Waals surface area contributed by atoms with Crippen LogP contribution in [0.3, 0.4) is 0 Å². The molecule has 3 aromatic rings. The van der Waals surface area contributed by atoms with E-state index in [0.29, 0.717) is 17.5 Å². The van der Waals surface area contributed by atoms with Gasteiger partial charge in [0.1, 0.15) is 11.6 Å². The molecule has 1 aliphatic rings. The van der Waals surface area contributed by atoms with Crippen LogP contribution in [0.1, 0.15) is 22.1 Å². The van der Waals surface area contributed by atoms with Gasteiger partial charge < -0.3 is 10.1 Å². The minimum Gasteiger partial charge on any atom is -0.496 e. The Morgan fingerprint density at radius 3 is 2.85 bits per heavy atom. The number of amides is 1. The molecule has 4 rings (SSSR count). The second-order valence-electron chi connectivity index (χ2n) is 5.93. The van der Waals surface area contributed by atoms with Gasteiger partial charge in [0.05, 0.1) is 23.8 Å². The first kappa shape index (κ1) is 18.0. The van der Waals surface area contributed by atoms with Gasteiger partial charge in [-0.2, -0.15) is 9.78 Å². The highest BCUT2D eigenvalue weighted by atomic mass is 79.9. The zero-order valence-electron chi connectivity index (χ0n) is 14.6. The van der Waals surface area contributed by atoms with Crippen LogP contribution in [0.4, 0.5) is 5.82 Å². The quantitative estimate of drug-likeness (QED) is 0.663. The molecule has 1 atom stereocenters. The molecule has 0 fully saturated rings. The number of carbonyl (C=O) groups excluding carboxylic acids is 1. The van der Waals surface area contributed by atoms with Crippen LogP contribution in [-0.4, -0.2) is 38.5 Å². The zero-order chi connectivity index (χ0) is 19.0. The lowest BCUT2D eigenvalue weighted by molar-refractivity contribution is -0.113. The van der Waals surface area contributed by atoms with Crippen molar-refractivity contribution in [1.29, 1.82) is 0 Å². The number of rotatable bonds is 3. The summed E-state index contributed by atoms with van der Waals surface area (Å²) in [5, 5.41) is 7.45. The van der Waals surface area contributed by atoms with Crippen molar-refractivity contribution in [3.8, 4) is 11.7 Å². The summed E-state index contributed by atoms with van der Waals surface area (Å²) in [7, 11) is 1.65. The summed E-state index contributed by atoms with van der Waals surface area (Å²) in [5.74, 6) is 2.01. The van der Waals surface area contributed by atoms with Gasteiger partial charge in [-0.15, -0.1) is 11.8 Å². The van der Waals surface area contributed by atoms with Crippen molar-refractivity contribution in [2.45, 2.75) is 12.2 Å². The lowest BCUT2D eigenvalue weighted by Gasteiger charge is -2.18. The molecule has 0 bridgehead atoms. The van der Waals surface area contributed by atoms with Crippen LogP contribution in [-0.2, 0) is 4.79 Å². The number of benzene rings is 1. The number of hydrogen-bond donors (Lipinski definition) is 1. The lowest BCUT2D eigenvalue weighted by atomic mass is 10.0. The molecule has 1 aliphatic heterocycles.